The smallest absolute Gasteiger partial charge is 0.434 e. The molecule has 1 rings (SSSR count). The number of pyridine rings is 1. The van der Waals surface area contributed by atoms with E-state index in [2.05, 4.69) is 21.9 Å². The van der Waals surface area contributed by atoms with Gasteiger partial charge in [-0.25, -0.2) is 4.98 Å². The first-order chi connectivity index (χ1) is 8.51. The lowest BCUT2D eigenvalue weighted by atomic mass is 10.3. The second-order valence-corrected chi connectivity index (χ2v) is 3.76. The maximum absolute atomic E-state index is 12.2. The van der Waals surface area contributed by atoms with Crippen LogP contribution in [0.2, 0.25) is 0 Å². The first kappa shape index (κ1) is 15.5. The summed E-state index contributed by atoms with van der Waals surface area (Å²) in [5, 5.41) is 0. The summed E-state index contributed by atoms with van der Waals surface area (Å²) < 4.78 is 77.1. The molecule has 1 aromatic rings. The predicted molar refractivity (Wildman–Crippen MR) is 56.7 cm³/mol. The summed E-state index contributed by atoms with van der Waals surface area (Å²) in [7, 11) is 0. The lowest BCUT2D eigenvalue weighted by Gasteiger charge is -2.23. The fourth-order valence-electron chi connectivity index (χ4n) is 1.05. The number of nitrogens with zero attached hydrogens (tertiary/aromatic N) is 1. The number of alkyl halides is 6. The Hall–Kier alpha value is -1.58. The molecular formula is C9H6F6N2OS. The monoisotopic (exact) mass is 304 g/mol. The highest BCUT2D eigenvalue weighted by Crippen LogP contribution is 2.36. The van der Waals surface area contributed by atoms with Gasteiger partial charge in [0.2, 0.25) is 0 Å². The second kappa shape index (κ2) is 5.19. The summed E-state index contributed by atoms with van der Waals surface area (Å²) in [4.78, 5) is 3.33. The third-order valence-corrected chi connectivity index (χ3v) is 2.05. The van der Waals surface area contributed by atoms with Gasteiger partial charge in [0, 0.05) is 0 Å². The lowest BCUT2D eigenvalue weighted by Crippen LogP contribution is -2.46. The Morgan fingerprint density at radius 3 is 2.00 bits per heavy atom. The number of rotatable bonds is 3. The highest BCUT2D eigenvalue weighted by Gasteiger charge is 2.59. The summed E-state index contributed by atoms with van der Waals surface area (Å²) in [6.45, 7) is 0. The number of hydrogen-bond donors (Lipinski definition) is 1. The molecule has 3 nitrogen and oxygen atoms in total. The van der Waals surface area contributed by atoms with Crippen LogP contribution >= 0.6 is 12.2 Å². The summed E-state index contributed by atoms with van der Waals surface area (Å²) in [5.74, 6) is -0.695. The van der Waals surface area contributed by atoms with E-state index in [1.807, 2.05) is 0 Å². The number of ether oxygens (including phenoxy) is 1. The van der Waals surface area contributed by atoms with E-state index < -0.39 is 24.2 Å². The van der Waals surface area contributed by atoms with Crippen LogP contribution in [0, 0.1) is 0 Å². The molecule has 2 N–H and O–H groups in total. The molecule has 0 spiro atoms. The van der Waals surface area contributed by atoms with Gasteiger partial charge in [-0.2, -0.15) is 26.3 Å². The molecule has 0 saturated heterocycles. The first-order valence-electron chi connectivity index (χ1n) is 4.58. The van der Waals surface area contributed by atoms with Crippen molar-refractivity contribution in [2.45, 2.75) is 18.5 Å². The van der Waals surface area contributed by atoms with E-state index in [0.29, 0.717) is 6.20 Å². The predicted octanol–water partition coefficient (Wildman–Crippen LogP) is 2.59. The van der Waals surface area contributed by atoms with Gasteiger partial charge < -0.3 is 10.5 Å². The summed E-state index contributed by atoms with van der Waals surface area (Å²) in [6.07, 6.45) is -14.4. The Labute approximate surface area is 108 Å². The Kier molecular flexibility index (Phi) is 4.23. The van der Waals surface area contributed by atoms with E-state index in [9.17, 15) is 26.3 Å². The zero-order valence-electron chi connectivity index (χ0n) is 8.92. The van der Waals surface area contributed by atoms with E-state index in [1.54, 1.807) is 0 Å². The van der Waals surface area contributed by atoms with Crippen molar-refractivity contribution in [3.63, 3.8) is 0 Å². The van der Waals surface area contributed by atoms with Gasteiger partial charge in [0.25, 0.3) is 6.10 Å². The van der Waals surface area contributed by atoms with Crippen molar-refractivity contribution in [3.8, 4) is 5.75 Å². The van der Waals surface area contributed by atoms with Crippen molar-refractivity contribution in [1.29, 1.82) is 0 Å². The molecule has 0 fully saturated rings. The van der Waals surface area contributed by atoms with Gasteiger partial charge in [-0.15, -0.1) is 0 Å². The molecule has 0 unspecified atom stereocenters. The third-order valence-electron chi connectivity index (χ3n) is 1.84. The van der Waals surface area contributed by atoms with Gasteiger partial charge in [0.05, 0.1) is 11.9 Å². The lowest BCUT2D eigenvalue weighted by molar-refractivity contribution is -0.299. The standard InChI is InChI=1S/C9H6F6N2OS/c10-8(11,12)7(9(13,14)15)18-4-1-2-5(6(16)19)17-3-4/h1-3,7H,(H2,16,19). The maximum atomic E-state index is 12.2. The van der Waals surface area contributed by atoms with Crippen LogP contribution in [0.25, 0.3) is 0 Å². The normalized spacial score (nSPS) is 12.6. The SMILES string of the molecule is NC(=S)c1ccc(OC(C(F)(F)F)C(F)(F)F)cn1. The molecule has 1 aromatic heterocycles. The Balaban J connectivity index is 2.95. The fraction of sp³-hybridized carbons (Fsp3) is 0.333. The molecule has 0 atom stereocenters. The highest BCUT2D eigenvalue weighted by molar-refractivity contribution is 7.80. The minimum atomic E-state index is -5.58. The van der Waals surface area contributed by atoms with Crippen LogP contribution in [0.4, 0.5) is 26.3 Å². The summed E-state index contributed by atoms with van der Waals surface area (Å²) in [6, 6.07) is 1.92. The summed E-state index contributed by atoms with van der Waals surface area (Å²) in [5.41, 5.74) is 5.23. The topological polar surface area (TPSA) is 48.1 Å². The summed E-state index contributed by atoms with van der Waals surface area (Å²) >= 11 is 4.53. The molecule has 0 aromatic carbocycles. The zero-order chi connectivity index (χ0) is 14.8. The van der Waals surface area contributed by atoms with Crippen LogP contribution in [-0.2, 0) is 0 Å². The number of nitrogens with two attached hydrogens (primary N) is 1. The van der Waals surface area contributed by atoms with E-state index in [0.717, 1.165) is 12.1 Å². The number of hydrogen-bond acceptors (Lipinski definition) is 3. The van der Waals surface area contributed by atoms with Crippen LogP contribution in [0.3, 0.4) is 0 Å². The molecule has 19 heavy (non-hydrogen) atoms. The van der Waals surface area contributed by atoms with Gasteiger partial charge in [-0.1, -0.05) is 12.2 Å². The van der Waals surface area contributed by atoms with E-state index in [4.69, 9.17) is 5.73 Å². The molecule has 10 heteroatoms. The minimum absolute atomic E-state index is 0.0536. The molecule has 0 aliphatic heterocycles. The van der Waals surface area contributed by atoms with Gasteiger partial charge in [0.15, 0.2) is 0 Å². The average molecular weight is 304 g/mol. The van der Waals surface area contributed by atoms with E-state index in [-0.39, 0.29) is 10.7 Å². The van der Waals surface area contributed by atoms with Crippen molar-refractivity contribution in [3.05, 3.63) is 24.0 Å². The minimum Gasteiger partial charge on any atom is -0.470 e. The molecule has 0 bridgehead atoms. The molecular weight excluding hydrogens is 298 g/mol. The second-order valence-electron chi connectivity index (χ2n) is 3.32. The van der Waals surface area contributed by atoms with Crippen molar-refractivity contribution in [2.24, 2.45) is 5.73 Å². The molecule has 106 valence electrons. The van der Waals surface area contributed by atoms with E-state index in [1.165, 1.54) is 0 Å². The zero-order valence-corrected chi connectivity index (χ0v) is 9.73. The molecule has 0 aliphatic rings. The largest absolute Gasteiger partial charge is 0.470 e. The number of thiocarbonyl (C=S) groups is 1. The van der Waals surface area contributed by atoms with Crippen molar-refractivity contribution in [1.82, 2.24) is 4.98 Å². The van der Waals surface area contributed by atoms with Gasteiger partial charge in [0.1, 0.15) is 10.7 Å². The van der Waals surface area contributed by atoms with Crippen LogP contribution < -0.4 is 10.5 Å². The highest BCUT2D eigenvalue weighted by atomic mass is 32.1. The molecule has 0 amide bonds. The average Bonchev–Trinajstić information content (AvgIpc) is 2.23. The maximum Gasteiger partial charge on any atom is 0.434 e. The molecule has 0 saturated carbocycles. The van der Waals surface area contributed by atoms with Crippen LogP contribution in [0.5, 0.6) is 5.75 Å². The Bertz CT molecular complexity index is 441. The molecule has 0 radical (unpaired) electrons. The van der Waals surface area contributed by atoms with Gasteiger partial charge in [-0.05, 0) is 12.1 Å². The van der Waals surface area contributed by atoms with Gasteiger partial charge in [-0.3, -0.25) is 0 Å². The number of halogens is 6. The van der Waals surface area contributed by atoms with Crippen molar-refractivity contribution >= 4 is 17.2 Å². The molecule has 0 aliphatic carbocycles. The number of aromatic nitrogens is 1. The Morgan fingerprint density at radius 1 is 1.16 bits per heavy atom. The molecule has 1 heterocycles. The van der Waals surface area contributed by atoms with Crippen LogP contribution in [0.15, 0.2) is 18.3 Å². The van der Waals surface area contributed by atoms with Crippen molar-refractivity contribution < 1.29 is 31.1 Å². The Morgan fingerprint density at radius 2 is 1.68 bits per heavy atom. The van der Waals surface area contributed by atoms with E-state index >= 15 is 0 Å². The first-order valence-corrected chi connectivity index (χ1v) is 4.98. The fourth-order valence-corrected chi connectivity index (χ4v) is 1.17. The van der Waals surface area contributed by atoms with Gasteiger partial charge >= 0.3 is 12.4 Å². The van der Waals surface area contributed by atoms with Crippen LogP contribution in [0.1, 0.15) is 5.69 Å². The third kappa shape index (κ3) is 4.23. The van der Waals surface area contributed by atoms with Crippen LogP contribution in [-0.4, -0.2) is 28.4 Å². The van der Waals surface area contributed by atoms with Crippen molar-refractivity contribution in [2.75, 3.05) is 0 Å². The quantitative estimate of drug-likeness (QED) is 0.689.